The van der Waals surface area contributed by atoms with Crippen molar-refractivity contribution in [3.05, 3.63) is 0 Å². The van der Waals surface area contributed by atoms with Gasteiger partial charge in [-0.05, 0) is 12.8 Å². The standard InChI is InChI=1S/C22H42O6/c1-3-5-6-7-8-9-10-11-12-13-14-19(21(26)27)15-20(25)28-18-22(4-2,16-23)17-24/h19,23-24H,3-18H2,1-2H3,(H,26,27). The summed E-state index contributed by atoms with van der Waals surface area (Å²) in [5.41, 5.74) is -0.856. The number of esters is 1. The van der Waals surface area contributed by atoms with Crippen LogP contribution in [0.25, 0.3) is 0 Å². The largest absolute Gasteiger partial charge is 0.481 e. The van der Waals surface area contributed by atoms with Gasteiger partial charge in [0.25, 0.3) is 0 Å². The fraction of sp³-hybridized carbons (Fsp3) is 0.909. The van der Waals surface area contributed by atoms with Gasteiger partial charge in [-0.3, -0.25) is 9.59 Å². The van der Waals surface area contributed by atoms with E-state index in [1.54, 1.807) is 6.92 Å². The molecule has 0 aliphatic rings. The van der Waals surface area contributed by atoms with Crippen molar-refractivity contribution < 1.29 is 29.6 Å². The van der Waals surface area contributed by atoms with E-state index >= 15 is 0 Å². The van der Waals surface area contributed by atoms with Gasteiger partial charge in [-0.25, -0.2) is 0 Å². The Labute approximate surface area is 170 Å². The summed E-state index contributed by atoms with van der Waals surface area (Å²) in [4.78, 5) is 23.4. The quantitative estimate of drug-likeness (QED) is 0.220. The van der Waals surface area contributed by atoms with E-state index in [4.69, 9.17) is 4.74 Å². The fourth-order valence-corrected chi connectivity index (χ4v) is 3.15. The molecular weight excluding hydrogens is 360 g/mol. The molecule has 0 heterocycles. The number of carboxylic acids is 1. The summed E-state index contributed by atoms with van der Waals surface area (Å²) in [5, 5.41) is 28.1. The highest BCUT2D eigenvalue weighted by Gasteiger charge is 2.30. The maximum absolute atomic E-state index is 12.0. The lowest BCUT2D eigenvalue weighted by molar-refractivity contribution is -0.155. The first-order valence-electron chi connectivity index (χ1n) is 11.0. The topological polar surface area (TPSA) is 104 Å². The van der Waals surface area contributed by atoms with Crippen LogP contribution in [-0.2, 0) is 14.3 Å². The molecule has 0 amide bonds. The van der Waals surface area contributed by atoms with Gasteiger partial charge in [-0.2, -0.15) is 0 Å². The second kappa shape index (κ2) is 16.8. The minimum atomic E-state index is -0.973. The monoisotopic (exact) mass is 402 g/mol. The number of aliphatic hydroxyl groups is 2. The van der Waals surface area contributed by atoms with Gasteiger partial charge < -0.3 is 20.1 Å². The van der Waals surface area contributed by atoms with Crippen LogP contribution in [0.4, 0.5) is 0 Å². The van der Waals surface area contributed by atoms with E-state index < -0.39 is 23.3 Å². The van der Waals surface area contributed by atoms with Gasteiger partial charge in [-0.1, -0.05) is 78.1 Å². The maximum atomic E-state index is 12.0. The lowest BCUT2D eigenvalue weighted by Gasteiger charge is -2.27. The average molecular weight is 403 g/mol. The number of carbonyl (C=O) groups is 2. The summed E-state index contributed by atoms with van der Waals surface area (Å²) in [7, 11) is 0. The van der Waals surface area contributed by atoms with Crippen molar-refractivity contribution >= 4 is 11.9 Å². The smallest absolute Gasteiger partial charge is 0.307 e. The van der Waals surface area contributed by atoms with Gasteiger partial charge in [0.1, 0.15) is 6.61 Å². The molecule has 6 nitrogen and oxygen atoms in total. The molecule has 0 radical (unpaired) electrons. The molecule has 166 valence electrons. The third-order valence-corrected chi connectivity index (χ3v) is 5.63. The Bertz CT molecular complexity index is 398. The van der Waals surface area contributed by atoms with Gasteiger partial charge in [0.15, 0.2) is 0 Å². The summed E-state index contributed by atoms with van der Waals surface area (Å²) in [6.07, 6.45) is 12.6. The van der Waals surface area contributed by atoms with E-state index in [1.165, 1.54) is 44.9 Å². The average Bonchev–Trinajstić information content (AvgIpc) is 2.69. The first-order valence-corrected chi connectivity index (χ1v) is 11.0. The fourth-order valence-electron chi connectivity index (χ4n) is 3.15. The van der Waals surface area contributed by atoms with Crippen LogP contribution in [-0.4, -0.2) is 47.1 Å². The van der Waals surface area contributed by atoms with Crippen molar-refractivity contribution in [3.8, 4) is 0 Å². The summed E-state index contributed by atoms with van der Waals surface area (Å²) in [5.74, 6) is -2.29. The Kier molecular flexibility index (Phi) is 16.1. The Morgan fingerprint density at radius 2 is 1.36 bits per heavy atom. The molecule has 0 aromatic rings. The van der Waals surface area contributed by atoms with Crippen molar-refractivity contribution in [2.45, 2.75) is 97.3 Å². The second-order valence-corrected chi connectivity index (χ2v) is 8.04. The third-order valence-electron chi connectivity index (χ3n) is 5.63. The molecule has 0 aliphatic heterocycles. The Balaban J connectivity index is 4.00. The van der Waals surface area contributed by atoms with Gasteiger partial charge in [0.05, 0.1) is 31.0 Å². The number of carboxylic acid groups (broad SMARTS) is 1. The van der Waals surface area contributed by atoms with Gasteiger partial charge in [0, 0.05) is 0 Å². The molecule has 0 saturated heterocycles. The summed E-state index contributed by atoms with van der Waals surface area (Å²) >= 11 is 0. The zero-order chi connectivity index (χ0) is 21.3. The molecule has 6 heteroatoms. The predicted molar refractivity (Wildman–Crippen MR) is 110 cm³/mol. The van der Waals surface area contributed by atoms with Gasteiger partial charge in [-0.15, -0.1) is 0 Å². The third kappa shape index (κ3) is 12.3. The molecule has 0 spiro atoms. The Morgan fingerprint density at radius 3 is 1.79 bits per heavy atom. The van der Waals surface area contributed by atoms with E-state index in [1.807, 2.05) is 0 Å². The van der Waals surface area contributed by atoms with Crippen molar-refractivity contribution in [2.24, 2.45) is 11.3 Å². The maximum Gasteiger partial charge on any atom is 0.307 e. The molecular formula is C22H42O6. The van der Waals surface area contributed by atoms with E-state index in [2.05, 4.69) is 6.92 Å². The van der Waals surface area contributed by atoms with Crippen LogP contribution in [0.2, 0.25) is 0 Å². The number of rotatable bonds is 19. The molecule has 0 fully saturated rings. The van der Waals surface area contributed by atoms with E-state index in [0.717, 1.165) is 19.3 Å². The molecule has 1 unspecified atom stereocenters. The number of hydrogen-bond acceptors (Lipinski definition) is 5. The molecule has 3 N–H and O–H groups in total. The normalized spacial score (nSPS) is 12.7. The van der Waals surface area contributed by atoms with Crippen molar-refractivity contribution in [2.75, 3.05) is 19.8 Å². The summed E-state index contributed by atoms with van der Waals surface area (Å²) in [6, 6.07) is 0. The molecule has 28 heavy (non-hydrogen) atoms. The lowest BCUT2D eigenvalue weighted by atomic mass is 9.88. The van der Waals surface area contributed by atoms with Crippen LogP contribution < -0.4 is 0 Å². The Morgan fingerprint density at radius 1 is 0.857 bits per heavy atom. The highest BCUT2D eigenvalue weighted by atomic mass is 16.5. The molecule has 0 rings (SSSR count). The molecule has 0 aromatic heterocycles. The van der Waals surface area contributed by atoms with E-state index in [0.29, 0.717) is 12.8 Å². The molecule has 0 bridgehead atoms. The lowest BCUT2D eigenvalue weighted by Crippen LogP contribution is -2.35. The molecule has 0 aromatic carbocycles. The SMILES string of the molecule is CCCCCCCCCCCCC(CC(=O)OCC(CC)(CO)CO)C(=O)O. The number of ether oxygens (including phenoxy) is 1. The first kappa shape index (κ1) is 26.9. The minimum Gasteiger partial charge on any atom is -0.481 e. The number of aliphatic carboxylic acids is 1. The highest BCUT2D eigenvalue weighted by Crippen LogP contribution is 2.22. The molecule has 0 aliphatic carbocycles. The van der Waals surface area contributed by atoms with Crippen molar-refractivity contribution in [1.82, 2.24) is 0 Å². The van der Waals surface area contributed by atoms with Crippen LogP contribution in [0.1, 0.15) is 97.3 Å². The summed E-state index contributed by atoms with van der Waals surface area (Å²) < 4.78 is 5.14. The zero-order valence-electron chi connectivity index (χ0n) is 18.0. The zero-order valence-corrected chi connectivity index (χ0v) is 18.0. The van der Waals surface area contributed by atoms with Crippen molar-refractivity contribution in [1.29, 1.82) is 0 Å². The van der Waals surface area contributed by atoms with Crippen LogP contribution in [0, 0.1) is 11.3 Å². The number of aliphatic hydroxyl groups excluding tert-OH is 2. The van der Waals surface area contributed by atoms with Crippen LogP contribution >= 0.6 is 0 Å². The number of unbranched alkanes of at least 4 members (excludes halogenated alkanes) is 9. The second-order valence-electron chi connectivity index (χ2n) is 8.04. The van der Waals surface area contributed by atoms with Gasteiger partial charge in [0.2, 0.25) is 0 Å². The van der Waals surface area contributed by atoms with Crippen LogP contribution in [0.15, 0.2) is 0 Å². The minimum absolute atomic E-state index is 0.0973. The molecule has 1 atom stereocenters. The van der Waals surface area contributed by atoms with E-state index in [9.17, 15) is 24.9 Å². The van der Waals surface area contributed by atoms with Gasteiger partial charge >= 0.3 is 11.9 Å². The number of carbonyl (C=O) groups excluding carboxylic acids is 1. The van der Waals surface area contributed by atoms with E-state index in [-0.39, 0.29) is 26.2 Å². The molecule has 0 saturated carbocycles. The Hall–Kier alpha value is -1.14. The van der Waals surface area contributed by atoms with Crippen molar-refractivity contribution in [3.63, 3.8) is 0 Å². The number of hydrogen-bond donors (Lipinski definition) is 3. The predicted octanol–water partition coefficient (Wildman–Crippen LogP) is 4.31. The highest BCUT2D eigenvalue weighted by molar-refractivity contribution is 5.78. The first-order chi connectivity index (χ1) is 13.4. The van der Waals surface area contributed by atoms with Crippen LogP contribution in [0.5, 0.6) is 0 Å². The summed E-state index contributed by atoms with van der Waals surface area (Å²) in [6.45, 7) is 3.35. The van der Waals surface area contributed by atoms with Crippen LogP contribution in [0.3, 0.4) is 0 Å².